The van der Waals surface area contributed by atoms with Crippen molar-refractivity contribution < 1.29 is 9.53 Å². The highest BCUT2D eigenvalue weighted by Gasteiger charge is 2.14. The fraction of sp³-hybridized carbons (Fsp3) is 0.583. The number of anilines is 1. The molecule has 0 radical (unpaired) electrons. The maximum atomic E-state index is 11.8. The lowest BCUT2D eigenvalue weighted by atomic mass is 10.1. The first-order valence-corrected chi connectivity index (χ1v) is 6.03. The van der Waals surface area contributed by atoms with Gasteiger partial charge < -0.3 is 10.5 Å². The zero-order valence-electron chi connectivity index (χ0n) is 11.1. The van der Waals surface area contributed by atoms with Gasteiger partial charge in [0.2, 0.25) is 17.7 Å². The third-order valence-corrected chi connectivity index (χ3v) is 2.48. The van der Waals surface area contributed by atoms with Crippen LogP contribution in [0.4, 0.5) is 5.95 Å². The number of nitrogens with zero attached hydrogens (tertiary/aromatic N) is 2. The summed E-state index contributed by atoms with van der Waals surface area (Å²) in [6.07, 6.45) is 2.59. The third kappa shape index (κ3) is 4.29. The molecular weight excluding hydrogens is 232 g/mol. The minimum absolute atomic E-state index is 0.226. The highest BCUT2D eigenvalue weighted by atomic mass is 16.5. The van der Waals surface area contributed by atoms with Gasteiger partial charge in [-0.15, -0.1) is 0 Å². The Morgan fingerprint density at radius 1 is 1.56 bits per heavy atom. The van der Waals surface area contributed by atoms with Gasteiger partial charge in [-0.2, -0.15) is 4.98 Å². The molecule has 0 fully saturated rings. The fourth-order valence-electron chi connectivity index (χ4n) is 1.46. The van der Waals surface area contributed by atoms with Gasteiger partial charge in [-0.25, -0.2) is 4.98 Å². The molecule has 1 unspecified atom stereocenters. The summed E-state index contributed by atoms with van der Waals surface area (Å²) in [5.74, 6) is 0.375. The quantitative estimate of drug-likeness (QED) is 0.795. The summed E-state index contributed by atoms with van der Waals surface area (Å²) < 4.78 is 5.01. The van der Waals surface area contributed by atoms with Gasteiger partial charge in [0.25, 0.3) is 0 Å². The van der Waals surface area contributed by atoms with E-state index in [0.717, 1.165) is 18.5 Å². The van der Waals surface area contributed by atoms with Crippen molar-refractivity contribution in [2.75, 3.05) is 12.4 Å². The predicted molar refractivity (Wildman–Crippen MR) is 69.5 cm³/mol. The number of methoxy groups -OCH3 is 1. The molecule has 0 aliphatic heterocycles. The van der Waals surface area contributed by atoms with Gasteiger partial charge in [0.1, 0.15) is 0 Å². The lowest BCUT2D eigenvalue weighted by Gasteiger charge is -2.11. The van der Waals surface area contributed by atoms with Crippen molar-refractivity contribution in [3.63, 3.8) is 0 Å². The molecule has 0 aliphatic carbocycles. The van der Waals surface area contributed by atoms with E-state index in [0.29, 0.717) is 12.3 Å². The number of ether oxygens (including phenoxy) is 1. The number of aromatic nitrogens is 2. The summed E-state index contributed by atoms with van der Waals surface area (Å²) in [6.45, 7) is 3.86. The second-order valence-electron chi connectivity index (χ2n) is 4.11. The number of hydrogen-bond donors (Lipinski definition) is 2. The van der Waals surface area contributed by atoms with Crippen LogP contribution in [0.5, 0.6) is 5.88 Å². The van der Waals surface area contributed by atoms with Crippen molar-refractivity contribution in [1.82, 2.24) is 9.97 Å². The average Bonchev–Trinajstić information content (AvgIpc) is 2.34. The molecule has 0 saturated carbocycles. The number of carbonyl (C=O) groups excluding carboxylic acids is 1. The highest BCUT2D eigenvalue weighted by Crippen LogP contribution is 2.11. The van der Waals surface area contributed by atoms with Gasteiger partial charge in [-0.05, 0) is 13.3 Å². The van der Waals surface area contributed by atoms with E-state index in [-0.39, 0.29) is 11.9 Å². The van der Waals surface area contributed by atoms with Crippen LogP contribution in [-0.2, 0) is 4.79 Å². The van der Waals surface area contributed by atoms with Crippen LogP contribution in [-0.4, -0.2) is 29.0 Å². The Kier molecular flexibility index (Phi) is 5.51. The maximum Gasteiger partial charge on any atom is 0.243 e. The van der Waals surface area contributed by atoms with E-state index in [1.54, 1.807) is 13.0 Å². The fourth-order valence-corrected chi connectivity index (χ4v) is 1.46. The van der Waals surface area contributed by atoms with E-state index in [1.807, 2.05) is 0 Å². The van der Waals surface area contributed by atoms with Gasteiger partial charge >= 0.3 is 0 Å². The van der Waals surface area contributed by atoms with E-state index >= 15 is 0 Å². The first-order chi connectivity index (χ1) is 8.56. The monoisotopic (exact) mass is 252 g/mol. The summed E-state index contributed by atoms with van der Waals surface area (Å²) in [5, 5.41) is 2.60. The van der Waals surface area contributed by atoms with Crippen LogP contribution in [0.25, 0.3) is 0 Å². The van der Waals surface area contributed by atoms with Crippen molar-refractivity contribution in [2.24, 2.45) is 5.73 Å². The first kappa shape index (κ1) is 14.4. The molecule has 6 heteroatoms. The van der Waals surface area contributed by atoms with Gasteiger partial charge in [0, 0.05) is 11.8 Å². The SMILES string of the molecule is CCCCC(N)C(=O)Nc1nc(C)cc(OC)n1. The van der Waals surface area contributed by atoms with Gasteiger partial charge in [0.05, 0.1) is 13.2 Å². The van der Waals surface area contributed by atoms with Crippen LogP contribution in [0.2, 0.25) is 0 Å². The number of amides is 1. The summed E-state index contributed by atoms with van der Waals surface area (Å²) in [7, 11) is 1.51. The molecule has 1 atom stereocenters. The minimum Gasteiger partial charge on any atom is -0.481 e. The molecule has 0 spiro atoms. The van der Waals surface area contributed by atoms with Gasteiger partial charge in [-0.3, -0.25) is 10.1 Å². The lowest BCUT2D eigenvalue weighted by molar-refractivity contribution is -0.117. The van der Waals surface area contributed by atoms with Gasteiger partial charge in [-0.1, -0.05) is 19.8 Å². The number of rotatable bonds is 6. The molecule has 1 rings (SSSR count). The van der Waals surface area contributed by atoms with Crippen LogP contribution in [0.3, 0.4) is 0 Å². The maximum absolute atomic E-state index is 11.8. The Bertz CT molecular complexity index is 409. The number of aryl methyl sites for hydroxylation is 1. The Labute approximate surface area is 107 Å². The largest absolute Gasteiger partial charge is 0.481 e. The molecular formula is C12H20N4O2. The van der Waals surface area contributed by atoms with Crippen LogP contribution in [0.15, 0.2) is 6.07 Å². The lowest BCUT2D eigenvalue weighted by Crippen LogP contribution is -2.36. The third-order valence-electron chi connectivity index (χ3n) is 2.48. The molecule has 6 nitrogen and oxygen atoms in total. The topological polar surface area (TPSA) is 90.1 Å². The van der Waals surface area contributed by atoms with Crippen molar-refractivity contribution in [3.05, 3.63) is 11.8 Å². The Morgan fingerprint density at radius 2 is 2.28 bits per heavy atom. The Hall–Kier alpha value is -1.69. The van der Waals surface area contributed by atoms with Crippen molar-refractivity contribution in [2.45, 2.75) is 39.2 Å². The Morgan fingerprint density at radius 3 is 2.89 bits per heavy atom. The molecule has 0 bridgehead atoms. The number of nitrogens with two attached hydrogens (primary N) is 1. The molecule has 3 N–H and O–H groups in total. The molecule has 1 aromatic rings. The molecule has 0 aliphatic rings. The van der Waals surface area contributed by atoms with E-state index in [1.165, 1.54) is 7.11 Å². The van der Waals surface area contributed by atoms with E-state index < -0.39 is 6.04 Å². The van der Waals surface area contributed by atoms with Gasteiger partial charge in [0.15, 0.2) is 0 Å². The standard InChI is InChI=1S/C12H20N4O2/c1-4-5-6-9(13)11(17)16-12-14-8(2)7-10(15-12)18-3/h7,9H,4-6,13H2,1-3H3,(H,14,15,16,17). The summed E-state index contributed by atoms with van der Waals surface area (Å²) in [6, 6.07) is 1.16. The zero-order chi connectivity index (χ0) is 13.5. The van der Waals surface area contributed by atoms with Crippen molar-refractivity contribution in [1.29, 1.82) is 0 Å². The summed E-state index contributed by atoms with van der Waals surface area (Å²) in [5.41, 5.74) is 6.48. The normalized spacial score (nSPS) is 12.0. The molecule has 18 heavy (non-hydrogen) atoms. The summed E-state index contributed by atoms with van der Waals surface area (Å²) in [4.78, 5) is 19.9. The molecule has 0 saturated heterocycles. The number of nitrogens with one attached hydrogen (secondary N) is 1. The second kappa shape index (κ2) is 6.90. The Balaban J connectivity index is 2.66. The highest BCUT2D eigenvalue weighted by molar-refractivity contribution is 5.93. The molecule has 100 valence electrons. The minimum atomic E-state index is -0.528. The van der Waals surface area contributed by atoms with Crippen LogP contribution in [0.1, 0.15) is 31.9 Å². The summed E-state index contributed by atoms with van der Waals surface area (Å²) >= 11 is 0. The first-order valence-electron chi connectivity index (χ1n) is 6.03. The average molecular weight is 252 g/mol. The van der Waals surface area contributed by atoms with Crippen LogP contribution in [0, 0.1) is 6.92 Å². The molecule has 0 aromatic carbocycles. The van der Waals surface area contributed by atoms with Crippen molar-refractivity contribution >= 4 is 11.9 Å². The van der Waals surface area contributed by atoms with Crippen LogP contribution >= 0.6 is 0 Å². The van der Waals surface area contributed by atoms with Crippen molar-refractivity contribution in [3.8, 4) is 5.88 Å². The zero-order valence-corrected chi connectivity index (χ0v) is 11.1. The van der Waals surface area contributed by atoms with E-state index in [9.17, 15) is 4.79 Å². The van der Waals surface area contributed by atoms with E-state index in [2.05, 4.69) is 22.2 Å². The number of unbranched alkanes of at least 4 members (excludes halogenated alkanes) is 1. The smallest absolute Gasteiger partial charge is 0.243 e. The predicted octanol–water partition coefficient (Wildman–Crippen LogP) is 1.25. The van der Waals surface area contributed by atoms with Crippen LogP contribution < -0.4 is 15.8 Å². The number of hydrogen-bond acceptors (Lipinski definition) is 5. The second-order valence-corrected chi connectivity index (χ2v) is 4.11. The molecule has 1 heterocycles. The number of carbonyl (C=O) groups is 1. The van der Waals surface area contributed by atoms with E-state index in [4.69, 9.17) is 10.5 Å². The molecule has 1 aromatic heterocycles. The molecule has 1 amide bonds.